The molecule has 0 spiro atoms. The van der Waals surface area contributed by atoms with Crippen molar-refractivity contribution < 1.29 is 0 Å². The molecule has 5 aromatic rings. The predicted octanol–water partition coefficient (Wildman–Crippen LogP) is 5.70. The van der Waals surface area contributed by atoms with Crippen molar-refractivity contribution in [2.45, 2.75) is 13.8 Å². The number of aryl methyl sites for hydroxylation is 3. The average molecular weight is 346 g/mol. The Labute approximate surface area is 149 Å². The number of hydrogen-bond donors (Lipinski definition) is 0. The third kappa shape index (κ3) is 1.87. The molecule has 0 unspecified atom stereocenters. The van der Waals surface area contributed by atoms with E-state index in [1.807, 2.05) is 29.9 Å². The Hall–Kier alpha value is -2.65. The molecule has 0 saturated carbocycles. The Morgan fingerprint density at radius 2 is 1.64 bits per heavy atom. The first-order valence-electron chi connectivity index (χ1n) is 8.30. The van der Waals surface area contributed by atoms with Gasteiger partial charge in [-0.1, -0.05) is 35.9 Å². The van der Waals surface area contributed by atoms with Crippen LogP contribution in [0.3, 0.4) is 0 Å². The van der Waals surface area contributed by atoms with Gasteiger partial charge in [0.1, 0.15) is 5.52 Å². The van der Waals surface area contributed by atoms with Crippen LogP contribution in [0.15, 0.2) is 42.5 Å². The van der Waals surface area contributed by atoms with Crippen LogP contribution >= 0.6 is 11.6 Å². The maximum Gasteiger partial charge on any atom is 0.118 e. The van der Waals surface area contributed by atoms with Gasteiger partial charge in [-0.2, -0.15) is 5.10 Å². The van der Waals surface area contributed by atoms with Crippen LogP contribution < -0.4 is 0 Å². The van der Waals surface area contributed by atoms with Crippen LogP contribution in [0.25, 0.3) is 43.6 Å². The van der Waals surface area contributed by atoms with E-state index >= 15 is 0 Å². The topological polar surface area (TPSA) is 30.7 Å². The lowest BCUT2D eigenvalue weighted by atomic mass is 10.0. The third-order valence-corrected chi connectivity index (χ3v) is 5.54. The molecule has 2 heterocycles. The van der Waals surface area contributed by atoms with Gasteiger partial charge in [-0.15, -0.1) is 0 Å². The summed E-state index contributed by atoms with van der Waals surface area (Å²) in [5, 5.41) is 10.0. The minimum atomic E-state index is 0.739. The Morgan fingerprint density at radius 3 is 2.44 bits per heavy atom. The zero-order valence-corrected chi connectivity index (χ0v) is 15.0. The molecule has 3 aromatic carbocycles. The minimum absolute atomic E-state index is 0.739. The SMILES string of the molecule is Cc1ccc2nc3c(ccc4c3nn(C)c3cccc(Cl)c43)c2c1C. The summed E-state index contributed by atoms with van der Waals surface area (Å²) >= 11 is 6.52. The Morgan fingerprint density at radius 1 is 0.880 bits per heavy atom. The quantitative estimate of drug-likeness (QED) is 0.337. The molecule has 0 aliphatic rings. The first-order valence-corrected chi connectivity index (χ1v) is 8.67. The van der Waals surface area contributed by atoms with E-state index in [0.29, 0.717) is 0 Å². The molecule has 0 fully saturated rings. The van der Waals surface area contributed by atoms with E-state index in [4.69, 9.17) is 21.7 Å². The third-order valence-electron chi connectivity index (χ3n) is 5.23. The fraction of sp³-hybridized carbons (Fsp3) is 0.143. The van der Waals surface area contributed by atoms with Crippen LogP contribution in [0.2, 0.25) is 5.02 Å². The molecule has 25 heavy (non-hydrogen) atoms. The molecule has 3 nitrogen and oxygen atoms in total. The van der Waals surface area contributed by atoms with Crippen molar-refractivity contribution in [2.24, 2.45) is 7.05 Å². The molecule has 0 bridgehead atoms. The summed E-state index contributed by atoms with van der Waals surface area (Å²) in [5.41, 5.74) is 6.44. The first-order chi connectivity index (χ1) is 12.1. The number of aromatic nitrogens is 3. The summed E-state index contributed by atoms with van der Waals surface area (Å²) in [5.74, 6) is 0. The smallest absolute Gasteiger partial charge is 0.118 e. The van der Waals surface area contributed by atoms with Gasteiger partial charge in [-0.05, 0) is 43.2 Å². The Kier molecular flexibility index (Phi) is 2.89. The fourth-order valence-electron chi connectivity index (χ4n) is 3.81. The first kappa shape index (κ1) is 14.7. The lowest BCUT2D eigenvalue weighted by Gasteiger charge is -2.10. The van der Waals surface area contributed by atoms with Crippen LogP contribution in [0.5, 0.6) is 0 Å². The molecule has 2 aromatic heterocycles. The van der Waals surface area contributed by atoms with E-state index in [2.05, 4.69) is 38.1 Å². The summed E-state index contributed by atoms with van der Waals surface area (Å²) in [6.45, 7) is 4.30. The molecular formula is C21H16ClN3. The van der Waals surface area contributed by atoms with Crippen molar-refractivity contribution in [1.29, 1.82) is 0 Å². The Balaban J connectivity index is 2.08. The standard InChI is InChI=1S/C21H16ClN3/c1-11-7-10-16-18(12(11)2)13-8-9-14-19-15(22)5-4-6-17(19)25(3)24-21(14)20(13)23-16/h4-10H,1-3H3. The number of benzene rings is 3. The molecule has 0 aliphatic carbocycles. The summed E-state index contributed by atoms with van der Waals surface area (Å²) < 4.78 is 1.89. The minimum Gasteiger partial charge on any atom is -0.267 e. The number of nitrogens with zero attached hydrogens (tertiary/aromatic N) is 3. The van der Waals surface area contributed by atoms with Crippen molar-refractivity contribution in [3.8, 4) is 0 Å². The molecule has 5 rings (SSSR count). The molecular weight excluding hydrogens is 330 g/mol. The lowest BCUT2D eigenvalue weighted by molar-refractivity contribution is 0.798. The number of halogens is 1. The van der Waals surface area contributed by atoms with Crippen molar-refractivity contribution in [3.05, 3.63) is 58.6 Å². The van der Waals surface area contributed by atoms with Crippen molar-refractivity contribution in [2.75, 3.05) is 0 Å². The maximum absolute atomic E-state index is 6.52. The monoisotopic (exact) mass is 345 g/mol. The van der Waals surface area contributed by atoms with Crippen LogP contribution in [-0.2, 0) is 7.05 Å². The largest absolute Gasteiger partial charge is 0.267 e. The Bertz CT molecular complexity index is 1330. The molecule has 0 aliphatic heterocycles. The normalized spacial score (nSPS) is 12.0. The van der Waals surface area contributed by atoms with Crippen molar-refractivity contribution >= 4 is 55.2 Å². The molecule has 0 atom stereocenters. The van der Waals surface area contributed by atoms with Gasteiger partial charge in [-0.3, -0.25) is 4.68 Å². The molecule has 0 radical (unpaired) electrons. The van der Waals surface area contributed by atoms with Crippen molar-refractivity contribution in [1.82, 2.24) is 14.8 Å². The second kappa shape index (κ2) is 4.93. The van der Waals surface area contributed by atoms with E-state index < -0.39 is 0 Å². The number of hydrogen-bond acceptors (Lipinski definition) is 2. The molecule has 0 amide bonds. The van der Waals surface area contributed by atoms with Crippen LogP contribution in [0.4, 0.5) is 0 Å². The lowest BCUT2D eigenvalue weighted by Crippen LogP contribution is -2.00. The second-order valence-electron chi connectivity index (χ2n) is 6.63. The average Bonchev–Trinajstić information content (AvgIpc) is 2.98. The van der Waals surface area contributed by atoms with Crippen LogP contribution in [-0.4, -0.2) is 14.8 Å². The van der Waals surface area contributed by atoms with Crippen molar-refractivity contribution in [3.63, 3.8) is 0 Å². The summed E-state index contributed by atoms with van der Waals surface area (Å²) in [4.78, 5) is 4.90. The fourth-order valence-corrected chi connectivity index (χ4v) is 4.08. The zero-order valence-electron chi connectivity index (χ0n) is 14.3. The number of rotatable bonds is 0. The number of fused-ring (bicyclic) bond motifs is 7. The van der Waals surface area contributed by atoms with Gasteiger partial charge in [-0.25, -0.2) is 4.98 Å². The van der Waals surface area contributed by atoms with Gasteiger partial charge < -0.3 is 0 Å². The molecule has 4 heteroatoms. The molecule has 122 valence electrons. The van der Waals surface area contributed by atoms with Gasteiger partial charge >= 0.3 is 0 Å². The second-order valence-corrected chi connectivity index (χ2v) is 7.04. The highest BCUT2D eigenvalue weighted by Gasteiger charge is 2.16. The van der Waals surface area contributed by atoms with Crippen LogP contribution in [0, 0.1) is 13.8 Å². The van der Waals surface area contributed by atoms with Gasteiger partial charge in [0, 0.05) is 28.6 Å². The molecule has 0 saturated heterocycles. The summed E-state index contributed by atoms with van der Waals surface area (Å²) in [6, 6.07) is 14.4. The van der Waals surface area contributed by atoms with Gasteiger partial charge in [0.2, 0.25) is 0 Å². The van der Waals surface area contributed by atoms with E-state index in [9.17, 15) is 0 Å². The molecule has 0 N–H and O–H groups in total. The van der Waals surface area contributed by atoms with Gasteiger partial charge in [0.15, 0.2) is 0 Å². The maximum atomic E-state index is 6.52. The highest BCUT2D eigenvalue weighted by molar-refractivity contribution is 6.38. The van der Waals surface area contributed by atoms with Crippen LogP contribution in [0.1, 0.15) is 11.1 Å². The predicted molar refractivity (Wildman–Crippen MR) is 106 cm³/mol. The zero-order chi connectivity index (χ0) is 17.3. The van der Waals surface area contributed by atoms with E-state index in [1.54, 1.807) is 0 Å². The van der Waals surface area contributed by atoms with Gasteiger partial charge in [0.05, 0.1) is 21.6 Å². The van der Waals surface area contributed by atoms with Gasteiger partial charge in [0.25, 0.3) is 0 Å². The highest BCUT2D eigenvalue weighted by Crippen LogP contribution is 2.37. The highest BCUT2D eigenvalue weighted by atomic mass is 35.5. The summed E-state index contributed by atoms with van der Waals surface area (Å²) in [7, 11) is 1.95. The van der Waals surface area contributed by atoms with E-state index in [1.165, 1.54) is 16.5 Å². The van der Waals surface area contributed by atoms with E-state index in [0.717, 1.165) is 43.2 Å². The van der Waals surface area contributed by atoms with E-state index in [-0.39, 0.29) is 0 Å². The summed E-state index contributed by atoms with van der Waals surface area (Å²) in [6.07, 6.45) is 0.